The van der Waals surface area contributed by atoms with Gasteiger partial charge in [0, 0.05) is 17.8 Å². The number of rotatable bonds is 10. The van der Waals surface area contributed by atoms with Crippen molar-refractivity contribution in [2.24, 2.45) is 5.92 Å². The molecule has 0 radical (unpaired) electrons. The summed E-state index contributed by atoms with van der Waals surface area (Å²) in [5.41, 5.74) is 6.69. The van der Waals surface area contributed by atoms with Crippen LogP contribution in [0.4, 0.5) is 5.69 Å². The maximum absolute atomic E-state index is 4.12. The number of fused-ring (bicyclic) bond motifs is 1. The van der Waals surface area contributed by atoms with E-state index < -0.39 is 0 Å². The van der Waals surface area contributed by atoms with E-state index in [9.17, 15) is 0 Å². The number of allylic oxidation sites excluding steroid dienone is 2. The first-order valence-electron chi connectivity index (χ1n) is 9.91. The summed E-state index contributed by atoms with van der Waals surface area (Å²) in [6.07, 6.45) is 13.2. The van der Waals surface area contributed by atoms with Gasteiger partial charge in [0.2, 0.25) is 0 Å². The van der Waals surface area contributed by atoms with Gasteiger partial charge in [-0.1, -0.05) is 76.7 Å². The minimum absolute atomic E-state index is 0.706. The maximum atomic E-state index is 4.12. The minimum Gasteiger partial charge on any atom is -0.381 e. The summed E-state index contributed by atoms with van der Waals surface area (Å²) in [6.45, 7) is 11.8. The van der Waals surface area contributed by atoms with E-state index in [4.69, 9.17) is 0 Å². The van der Waals surface area contributed by atoms with Gasteiger partial charge in [-0.25, -0.2) is 0 Å². The number of hydrogen-bond acceptors (Lipinski definition) is 1. The lowest BCUT2D eigenvalue weighted by Crippen LogP contribution is -2.14. The molecule has 1 unspecified atom stereocenters. The molecule has 0 amide bonds. The van der Waals surface area contributed by atoms with Gasteiger partial charge in [0.15, 0.2) is 0 Å². The van der Waals surface area contributed by atoms with Crippen LogP contribution in [-0.2, 0) is 0 Å². The van der Waals surface area contributed by atoms with Crippen molar-refractivity contribution in [3.05, 3.63) is 42.0 Å². The fourth-order valence-electron chi connectivity index (χ4n) is 3.77. The molecule has 0 aromatic heterocycles. The molecule has 1 heteroatoms. The van der Waals surface area contributed by atoms with Crippen LogP contribution in [0.2, 0.25) is 0 Å². The van der Waals surface area contributed by atoms with Crippen LogP contribution in [0.15, 0.2) is 30.9 Å². The van der Waals surface area contributed by atoms with Gasteiger partial charge in [0.05, 0.1) is 0 Å². The molecule has 1 aromatic rings. The Morgan fingerprint density at radius 2 is 1.88 bits per heavy atom. The fourth-order valence-corrected chi connectivity index (χ4v) is 3.77. The van der Waals surface area contributed by atoms with Crippen LogP contribution in [0.25, 0.3) is 11.1 Å². The van der Waals surface area contributed by atoms with Crippen molar-refractivity contribution in [2.75, 3.05) is 11.9 Å². The lowest BCUT2D eigenvalue weighted by molar-refractivity contribution is 0.502. The van der Waals surface area contributed by atoms with Gasteiger partial charge < -0.3 is 5.32 Å². The van der Waals surface area contributed by atoms with E-state index in [0.29, 0.717) is 5.92 Å². The zero-order valence-electron chi connectivity index (χ0n) is 16.0. The fraction of sp³-hybridized carbons (Fsp3) is 0.565. The topological polar surface area (TPSA) is 12.0 Å². The van der Waals surface area contributed by atoms with E-state index >= 15 is 0 Å². The molecule has 24 heavy (non-hydrogen) atoms. The Morgan fingerprint density at radius 3 is 2.58 bits per heavy atom. The highest BCUT2D eigenvalue weighted by Crippen LogP contribution is 2.38. The standard InChI is InChI=1S/C23H35N/c1-5-7-8-9-10-12-19(11-6-2)21-15-16-24-23-14-13-20(18(3)4)17-22(21)23/h13-15,17,19,24H,3,5-12,16H2,1-2,4H3. The van der Waals surface area contributed by atoms with Crippen LogP contribution < -0.4 is 5.32 Å². The Balaban J connectivity index is 2.13. The van der Waals surface area contributed by atoms with Crippen LogP contribution in [0, 0.1) is 5.92 Å². The number of benzene rings is 1. The summed E-state index contributed by atoms with van der Waals surface area (Å²) in [6, 6.07) is 6.77. The molecule has 0 bridgehead atoms. The van der Waals surface area contributed by atoms with Crippen molar-refractivity contribution in [2.45, 2.75) is 72.1 Å². The second kappa shape index (κ2) is 9.71. The molecule has 1 nitrogen and oxygen atoms in total. The minimum atomic E-state index is 0.706. The number of nitrogens with one attached hydrogen (secondary N) is 1. The van der Waals surface area contributed by atoms with Gasteiger partial charge in [-0.2, -0.15) is 0 Å². The van der Waals surface area contributed by atoms with Crippen LogP contribution in [-0.4, -0.2) is 6.54 Å². The number of anilines is 1. The van der Waals surface area contributed by atoms with Crippen molar-refractivity contribution < 1.29 is 0 Å². The maximum Gasteiger partial charge on any atom is 0.0419 e. The molecule has 1 heterocycles. The molecule has 1 aliphatic rings. The predicted octanol–water partition coefficient (Wildman–Crippen LogP) is 7.31. The lowest BCUT2D eigenvalue weighted by atomic mass is 9.82. The van der Waals surface area contributed by atoms with E-state index in [2.05, 4.69) is 56.9 Å². The second-order valence-electron chi connectivity index (χ2n) is 7.27. The highest BCUT2D eigenvalue weighted by molar-refractivity contribution is 5.83. The molecule has 0 spiro atoms. The van der Waals surface area contributed by atoms with E-state index in [1.54, 1.807) is 5.57 Å². The summed E-state index contributed by atoms with van der Waals surface area (Å²) in [5.74, 6) is 0.706. The molecule has 1 atom stereocenters. The Bertz CT molecular complexity index is 567. The van der Waals surface area contributed by atoms with Crippen LogP contribution in [0.3, 0.4) is 0 Å². The van der Waals surface area contributed by atoms with Gasteiger partial charge in [-0.15, -0.1) is 0 Å². The van der Waals surface area contributed by atoms with Gasteiger partial charge >= 0.3 is 0 Å². The van der Waals surface area contributed by atoms with E-state index in [1.165, 1.54) is 68.2 Å². The zero-order chi connectivity index (χ0) is 17.4. The Labute approximate surface area is 149 Å². The molecule has 2 rings (SSSR count). The van der Waals surface area contributed by atoms with E-state index in [1.807, 2.05) is 0 Å². The Hall–Kier alpha value is -1.50. The highest BCUT2D eigenvalue weighted by atomic mass is 14.9. The average molecular weight is 326 g/mol. The molecule has 0 aliphatic carbocycles. The molecule has 132 valence electrons. The van der Waals surface area contributed by atoms with Crippen molar-refractivity contribution in [1.29, 1.82) is 0 Å². The summed E-state index contributed by atoms with van der Waals surface area (Å²) < 4.78 is 0. The van der Waals surface area contributed by atoms with Gasteiger partial charge in [-0.3, -0.25) is 0 Å². The van der Waals surface area contributed by atoms with Crippen LogP contribution >= 0.6 is 0 Å². The third kappa shape index (κ3) is 5.00. The van der Waals surface area contributed by atoms with Crippen molar-refractivity contribution in [3.63, 3.8) is 0 Å². The van der Waals surface area contributed by atoms with Gasteiger partial charge in [0.25, 0.3) is 0 Å². The van der Waals surface area contributed by atoms with Crippen LogP contribution in [0.1, 0.15) is 83.3 Å². The molecule has 0 saturated carbocycles. The molecule has 1 aromatic carbocycles. The second-order valence-corrected chi connectivity index (χ2v) is 7.27. The smallest absolute Gasteiger partial charge is 0.0419 e. The Morgan fingerprint density at radius 1 is 1.08 bits per heavy atom. The van der Waals surface area contributed by atoms with Crippen molar-refractivity contribution >= 4 is 16.8 Å². The normalized spacial score (nSPS) is 14.5. The largest absolute Gasteiger partial charge is 0.381 e. The number of hydrogen-bond donors (Lipinski definition) is 1. The van der Waals surface area contributed by atoms with Crippen molar-refractivity contribution in [1.82, 2.24) is 0 Å². The van der Waals surface area contributed by atoms with Crippen molar-refractivity contribution in [3.8, 4) is 0 Å². The number of unbranched alkanes of at least 4 members (excludes halogenated alkanes) is 4. The lowest BCUT2D eigenvalue weighted by Gasteiger charge is -2.27. The summed E-state index contributed by atoms with van der Waals surface area (Å²) >= 11 is 0. The third-order valence-corrected chi connectivity index (χ3v) is 5.17. The summed E-state index contributed by atoms with van der Waals surface area (Å²) in [4.78, 5) is 0. The van der Waals surface area contributed by atoms with E-state index in [0.717, 1.165) is 12.1 Å². The van der Waals surface area contributed by atoms with Gasteiger partial charge in [0.1, 0.15) is 0 Å². The molecular weight excluding hydrogens is 290 g/mol. The first-order chi connectivity index (χ1) is 11.7. The average Bonchev–Trinajstić information content (AvgIpc) is 2.59. The molecular formula is C23H35N. The SMILES string of the molecule is C=C(C)c1ccc2c(c1)C(C(CCC)CCCCCCC)=CCN2. The summed E-state index contributed by atoms with van der Waals surface area (Å²) in [7, 11) is 0. The predicted molar refractivity (Wildman–Crippen MR) is 109 cm³/mol. The van der Waals surface area contributed by atoms with Gasteiger partial charge in [-0.05, 0) is 49.0 Å². The quantitative estimate of drug-likeness (QED) is 0.445. The molecule has 0 fully saturated rings. The molecule has 1 N–H and O–H groups in total. The molecule has 1 aliphatic heterocycles. The molecule has 0 saturated heterocycles. The highest BCUT2D eigenvalue weighted by Gasteiger charge is 2.20. The zero-order valence-corrected chi connectivity index (χ0v) is 16.0. The Kier molecular flexibility index (Phi) is 7.62. The summed E-state index contributed by atoms with van der Waals surface area (Å²) in [5, 5.41) is 3.53. The third-order valence-electron chi connectivity index (χ3n) is 5.17. The van der Waals surface area contributed by atoms with Crippen LogP contribution in [0.5, 0.6) is 0 Å². The first-order valence-corrected chi connectivity index (χ1v) is 9.91. The van der Waals surface area contributed by atoms with E-state index in [-0.39, 0.29) is 0 Å². The monoisotopic (exact) mass is 325 g/mol. The first kappa shape index (κ1) is 18.8.